The molecule has 3 nitrogen and oxygen atoms in total. The minimum atomic E-state index is 0.704. The highest BCUT2D eigenvalue weighted by molar-refractivity contribution is 7.27. The number of rotatable bonds is 0. The molecular weight excluding hydrogens is 219 g/mol. The summed E-state index contributed by atoms with van der Waals surface area (Å²) in [6.07, 6.45) is 0.886. The zero-order valence-electron chi connectivity index (χ0n) is 9.08. The molecule has 1 atom stereocenters. The number of hydrogen-bond acceptors (Lipinski definition) is 2. The minimum Gasteiger partial charge on any atom is -0.492 e. The number of fused-ring (bicyclic) bond motifs is 3. The van der Waals surface area contributed by atoms with Crippen LogP contribution in [0.5, 0.6) is 5.75 Å². The van der Waals surface area contributed by atoms with Crippen LogP contribution >= 0.6 is 9.24 Å². The van der Waals surface area contributed by atoms with Gasteiger partial charge in [0.05, 0.1) is 12.3 Å². The topological polar surface area (TPSA) is 37.9 Å². The normalized spacial score (nSPS) is 13.6. The van der Waals surface area contributed by atoms with Crippen LogP contribution < -0.4 is 10.0 Å². The Morgan fingerprint density at radius 3 is 3.19 bits per heavy atom. The van der Waals surface area contributed by atoms with Crippen molar-refractivity contribution in [3.63, 3.8) is 0 Å². The van der Waals surface area contributed by atoms with Crippen LogP contribution in [-0.4, -0.2) is 16.6 Å². The number of nitrogens with zero attached hydrogens (tertiary/aromatic N) is 1. The molecule has 0 bridgehead atoms. The van der Waals surface area contributed by atoms with Gasteiger partial charge in [0.2, 0.25) is 0 Å². The molecule has 1 aliphatic rings. The van der Waals surface area contributed by atoms with E-state index in [1.54, 1.807) is 0 Å². The van der Waals surface area contributed by atoms with Crippen molar-refractivity contribution in [1.82, 2.24) is 9.97 Å². The van der Waals surface area contributed by atoms with Crippen LogP contribution in [0.15, 0.2) is 18.2 Å². The van der Waals surface area contributed by atoms with Gasteiger partial charge in [-0.05, 0) is 24.4 Å². The van der Waals surface area contributed by atoms with Crippen molar-refractivity contribution in [3.8, 4) is 17.0 Å². The van der Waals surface area contributed by atoms with E-state index in [4.69, 9.17) is 4.74 Å². The highest BCUT2D eigenvalue weighted by Crippen LogP contribution is 2.33. The summed E-state index contributed by atoms with van der Waals surface area (Å²) in [7, 11) is 2.69. The predicted molar refractivity (Wildman–Crippen MR) is 67.3 cm³/mol. The average molecular weight is 232 g/mol. The molecule has 0 saturated carbocycles. The molecule has 1 aromatic heterocycles. The van der Waals surface area contributed by atoms with E-state index in [1.165, 1.54) is 5.69 Å². The number of hydrogen-bond donors (Lipinski definition) is 1. The van der Waals surface area contributed by atoms with Gasteiger partial charge in [-0.15, -0.1) is 9.24 Å². The van der Waals surface area contributed by atoms with Crippen molar-refractivity contribution in [2.45, 2.75) is 13.3 Å². The summed E-state index contributed by atoms with van der Waals surface area (Å²) in [6, 6.07) is 6.17. The summed E-state index contributed by atoms with van der Waals surface area (Å²) in [6.45, 7) is 2.69. The molecule has 0 saturated heterocycles. The number of H-pyrrole nitrogens is 1. The molecule has 0 spiro atoms. The number of benzene rings is 1. The molecule has 1 aromatic carbocycles. The van der Waals surface area contributed by atoms with Crippen LogP contribution in [0, 0.1) is 6.92 Å². The van der Waals surface area contributed by atoms with Gasteiger partial charge in [0, 0.05) is 17.7 Å². The molecule has 16 heavy (non-hydrogen) atoms. The highest BCUT2D eigenvalue weighted by atomic mass is 31.0. The number of nitrogens with one attached hydrogen (secondary N) is 1. The Bertz CT molecular complexity index is 548. The van der Waals surface area contributed by atoms with Crippen LogP contribution in [-0.2, 0) is 6.42 Å². The molecule has 2 heterocycles. The molecular formula is C12H13N2OP. The summed E-state index contributed by atoms with van der Waals surface area (Å²) in [5, 5.41) is 1.13. The summed E-state index contributed by atoms with van der Waals surface area (Å²) >= 11 is 0. The lowest BCUT2D eigenvalue weighted by Crippen LogP contribution is -2.01. The van der Waals surface area contributed by atoms with Gasteiger partial charge in [-0.1, -0.05) is 6.07 Å². The smallest absolute Gasteiger partial charge is 0.129 e. The number of aromatic amines is 1. The summed E-state index contributed by atoms with van der Waals surface area (Å²) in [5.41, 5.74) is 3.30. The quantitative estimate of drug-likeness (QED) is 0.703. The van der Waals surface area contributed by atoms with Crippen molar-refractivity contribution in [1.29, 1.82) is 0 Å². The van der Waals surface area contributed by atoms with Crippen LogP contribution in [0.1, 0.15) is 11.5 Å². The lowest BCUT2D eigenvalue weighted by Gasteiger charge is -2.07. The zero-order chi connectivity index (χ0) is 11.1. The third-order valence-electron chi connectivity index (χ3n) is 2.77. The number of ether oxygens (including phenoxy) is 1. The fraction of sp³-hybridized carbons (Fsp3) is 0.250. The first-order chi connectivity index (χ1) is 7.74. The predicted octanol–water partition coefficient (Wildman–Crippen LogP) is 1.82. The zero-order valence-corrected chi connectivity index (χ0v) is 10.2. The molecule has 0 radical (unpaired) electrons. The third kappa shape index (κ3) is 1.52. The van der Waals surface area contributed by atoms with Crippen LogP contribution in [0.3, 0.4) is 0 Å². The van der Waals surface area contributed by atoms with Crippen LogP contribution in [0.25, 0.3) is 11.3 Å². The first kappa shape index (κ1) is 9.86. The molecule has 0 aliphatic carbocycles. The monoisotopic (exact) mass is 232 g/mol. The lowest BCUT2D eigenvalue weighted by atomic mass is 10.1. The standard InChI is InChI=1S/C12H13N2OP/c1-7-13-10-4-5-15-11-6-8(16)2-3-9(11)12(10)14-7/h2-3,6H,4-5,16H2,1H3,(H,13,14). The minimum absolute atomic E-state index is 0.704. The maximum absolute atomic E-state index is 5.74. The van der Waals surface area contributed by atoms with Gasteiger partial charge >= 0.3 is 0 Å². The van der Waals surface area contributed by atoms with Gasteiger partial charge in [0.15, 0.2) is 0 Å². The molecule has 82 valence electrons. The van der Waals surface area contributed by atoms with Gasteiger partial charge < -0.3 is 9.72 Å². The van der Waals surface area contributed by atoms with Gasteiger partial charge in [-0.3, -0.25) is 0 Å². The van der Waals surface area contributed by atoms with E-state index >= 15 is 0 Å². The van der Waals surface area contributed by atoms with Gasteiger partial charge in [-0.25, -0.2) is 4.98 Å². The van der Waals surface area contributed by atoms with E-state index in [1.807, 2.05) is 13.0 Å². The van der Waals surface area contributed by atoms with E-state index in [0.717, 1.165) is 34.6 Å². The van der Waals surface area contributed by atoms with Crippen molar-refractivity contribution in [3.05, 3.63) is 29.7 Å². The van der Waals surface area contributed by atoms with Crippen LogP contribution in [0.2, 0.25) is 0 Å². The Hall–Kier alpha value is -1.34. The molecule has 1 N–H and O–H groups in total. The molecule has 3 rings (SSSR count). The highest BCUT2D eigenvalue weighted by Gasteiger charge is 2.18. The molecule has 4 heteroatoms. The van der Waals surface area contributed by atoms with Crippen molar-refractivity contribution in [2.24, 2.45) is 0 Å². The Kier molecular flexibility index (Phi) is 2.22. The first-order valence-corrected chi connectivity index (χ1v) is 5.90. The summed E-state index contributed by atoms with van der Waals surface area (Å²) in [4.78, 5) is 7.84. The second-order valence-corrected chi connectivity index (χ2v) is 4.67. The van der Waals surface area contributed by atoms with Gasteiger partial charge in [-0.2, -0.15) is 0 Å². The van der Waals surface area contributed by atoms with Crippen molar-refractivity contribution in [2.75, 3.05) is 6.61 Å². The van der Waals surface area contributed by atoms with E-state index in [9.17, 15) is 0 Å². The number of imidazole rings is 1. The molecule has 1 aliphatic heterocycles. The number of aryl methyl sites for hydroxylation is 1. The lowest BCUT2D eigenvalue weighted by molar-refractivity contribution is 0.325. The Morgan fingerprint density at radius 1 is 1.44 bits per heavy atom. The molecule has 1 unspecified atom stereocenters. The Morgan fingerprint density at radius 2 is 2.31 bits per heavy atom. The van der Waals surface area contributed by atoms with E-state index in [-0.39, 0.29) is 0 Å². The third-order valence-corrected chi connectivity index (χ3v) is 3.13. The van der Waals surface area contributed by atoms with E-state index in [2.05, 4.69) is 31.3 Å². The summed E-state index contributed by atoms with van der Waals surface area (Å²) < 4.78 is 5.74. The maximum Gasteiger partial charge on any atom is 0.129 e. The SMILES string of the molecule is Cc1nc2c([nH]1)CCOc1cc(P)ccc1-2. The van der Waals surface area contributed by atoms with E-state index in [0.29, 0.717) is 6.61 Å². The van der Waals surface area contributed by atoms with Gasteiger partial charge in [0.25, 0.3) is 0 Å². The second kappa shape index (κ2) is 3.60. The average Bonchev–Trinajstić information content (AvgIpc) is 2.52. The number of aromatic nitrogens is 2. The Labute approximate surface area is 96.4 Å². The second-order valence-electron chi connectivity index (χ2n) is 4.00. The Balaban J connectivity index is 2.24. The van der Waals surface area contributed by atoms with E-state index < -0.39 is 0 Å². The molecule has 0 amide bonds. The van der Waals surface area contributed by atoms with Crippen LogP contribution in [0.4, 0.5) is 0 Å². The molecule has 0 fully saturated rings. The fourth-order valence-corrected chi connectivity index (χ4v) is 2.31. The first-order valence-electron chi connectivity index (χ1n) is 5.32. The largest absolute Gasteiger partial charge is 0.492 e. The fourth-order valence-electron chi connectivity index (χ4n) is 2.06. The summed E-state index contributed by atoms with van der Waals surface area (Å²) in [5.74, 6) is 1.89. The van der Waals surface area contributed by atoms with Gasteiger partial charge in [0.1, 0.15) is 11.6 Å². The maximum atomic E-state index is 5.74. The van der Waals surface area contributed by atoms with Crippen molar-refractivity contribution >= 4 is 14.5 Å². The van der Waals surface area contributed by atoms with Crippen molar-refractivity contribution < 1.29 is 4.74 Å². The molecule has 2 aromatic rings.